The maximum Gasteiger partial charge on any atom is 0.343 e. The lowest BCUT2D eigenvalue weighted by atomic mass is 9.95. The first kappa shape index (κ1) is 14.3. The van der Waals surface area contributed by atoms with Gasteiger partial charge in [-0.3, -0.25) is 0 Å². The summed E-state index contributed by atoms with van der Waals surface area (Å²) < 4.78 is 6.05. The van der Waals surface area contributed by atoms with Gasteiger partial charge in [0, 0.05) is 4.88 Å². The van der Waals surface area contributed by atoms with Crippen molar-refractivity contribution in [1.29, 1.82) is 0 Å². The number of hydrogen-bond donors (Lipinski definition) is 1. The second-order valence-electron chi connectivity index (χ2n) is 4.90. The van der Waals surface area contributed by atoms with E-state index in [-0.39, 0.29) is 6.10 Å². The number of carboxylic acid groups (broad SMARTS) is 1. The van der Waals surface area contributed by atoms with Crippen LogP contribution in [0.4, 0.5) is 0 Å². The van der Waals surface area contributed by atoms with Gasteiger partial charge in [0.15, 0.2) is 0 Å². The molecule has 0 bridgehead atoms. The zero-order chi connectivity index (χ0) is 15.0. The van der Waals surface area contributed by atoms with E-state index in [9.17, 15) is 9.90 Å². The van der Waals surface area contributed by atoms with Gasteiger partial charge >= 0.3 is 5.97 Å². The molecule has 1 aliphatic heterocycles. The number of carbonyl (C=O) groups is 1. The third-order valence-corrected chi connectivity index (χ3v) is 4.77. The van der Waals surface area contributed by atoms with Crippen molar-refractivity contribution in [3.8, 4) is 0 Å². The first-order valence-electron chi connectivity index (χ1n) is 6.47. The minimum atomic E-state index is -1.16. The van der Waals surface area contributed by atoms with Crippen LogP contribution in [0.3, 0.4) is 0 Å². The van der Waals surface area contributed by atoms with Crippen LogP contribution < -0.4 is 0 Å². The Kier molecular flexibility index (Phi) is 3.61. The molecule has 0 spiro atoms. The SMILES string of the molecule is CC1OC1(C(=O)O)c1ccc(C=Cc2ccc(Cl)s2)cc1. The highest BCUT2D eigenvalue weighted by molar-refractivity contribution is 7.17. The number of benzene rings is 1. The average molecular weight is 321 g/mol. The highest BCUT2D eigenvalue weighted by Gasteiger charge is 2.61. The predicted octanol–water partition coefficient (Wildman–Crippen LogP) is 4.27. The van der Waals surface area contributed by atoms with Crippen molar-refractivity contribution in [1.82, 2.24) is 0 Å². The predicted molar refractivity (Wildman–Crippen MR) is 84.6 cm³/mol. The standard InChI is InChI=1S/C16H13ClO3S/c1-10-16(20-10,15(18)19)12-5-2-11(3-6-12)4-7-13-8-9-14(17)21-13/h2-10H,1H3,(H,18,19). The molecule has 3 rings (SSSR count). The second-order valence-corrected chi connectivity index (χ2v) is 6.64. The van der Waals surface area contributed by atoms with Crippen LogP contribution in [0.5, 0.6) is 0 Å². The van der Waals surface area contributed by atoms with E-state index in [2.05, 4.69) is 0 Å². The van der Waals surface area contributed by atoms with Crippen molar-refractivity contribution in [3.63, 3.8) is 0 Å². The van der Waals surface area contributed by atoms with Crippen molar-refractivity contribution in [2.75, 3.05) is 0 Å². The molecular weight excluding hydrogens is 308 g/mol. The van der Waals surface area contributed by atoms with E-state index < -0.39 is 11.6 Å². The Morgan fingerprint density at radius 3 is 2.43 bits per heavy atom. The second kappa shape index (κ2) is 5.30. The van der Waals surface area contributed by atoms with E-state index in [1.807, 2.05) is 36.4 Å². The first-order chi connectivity index (χ1) is 10.0. The van der Waals surface area contributed by atoms with Crippen molar-refractivity contribution < 1.29 is 14.6 Å². The topological polar surface area (TPSA) is 49.8 Å². The van der Waals surface area contributed by atoms with Crippen molar-refractivity contribution in [2.24, 2.45) is 0 Å². The van der Waals surface area contributed by atoms with Crippen molar-refractivity contribution in [2.45, 2.75) is 18.6 Å². The molecular formula is C16H13ClO3S. The van der Waals surface area contributed by atoms with Gasteiger partial charge < -0.3 is 9.84 Å². The van der Waals surface area contributed by atoms with Gasteiger partial charge in [-0.15, -0.1) is 11.3 Å². The molecule has 21 heavy (non-hydrogen) atoms. The van der Waals surface area contributed by atoms with E-state index in [0.717, 1.165) is 14.8 Å². The number of rotatable bonds is 4. The summed E-state index contributed by atoms with van der Waals surface area (Å²) >= 11 is 7.39. The van der Waals surface area contributed by atoms with Gasteiger partial charge in [0.1, 0.15) is 6.10 Å². The highest BCUT2D eigenvalue weighted by Crippen LogP contribution is 2.46. The maximum absolute atomic E-state index is 11.3. The fourth-order valence-corrected chi connectivity index (χ4v) is 3.30. The van der Waals surface area contributed by atoms with Gasteiger partial charge in [0.05, 0.1) is 4.34 Å². The Bertz CT molecular complexity index is 705. The van der Waals surface area contributed by atoms with Crippen molar-refractivity contribution in [3.05, 3.63) is 56.7 Å². The van der Waals surface area contributed by atoms with Gasteiger partial charge in [-0.2, -0.15) is 0 Å². The molecule has 0 aliphatic carbocycles. The first-order valence-corrected chi connectivity index (χ1v) is 7.67. The summed E-state index contributed by atoms with van der Waals surface area (Å²) in [6.45, 7) is 1.77. The van der Waals surface area contributed by atoms with Gasteiger partial charge in [-0.1, -0.05) is 41.9 Å². The van der Waals surface area contributed by atoms with Gasteiger partial charge in [0.2, 0.25) is 5.60 Å². The number of ether oxygens (including phenoxy) is 1. The monoisotopic (exact) mass is 320 g/mol. The normalized spacial score (nSPS) is 24.4. The van der Waals surface area contributed by atoms with E-state index in [0.29, 0.717) is 5.56 Å². The lowest BCUT2D eigenvalue weighted by Gasteiger charge is -2.07. The summed E-state index contributed by atoms with van der Waals surface area (Å²) in [5.74, 6) is -0.938. The van der Waals surface area contributed by atoms with Gasteiger partial charge in [-0.05, 0) is 36.3 Å². The van der Waals surface area contributed by atoms with Crippen LogP contribution >= 0.6 is 22.9 Å². The van der Waals surface area contributed by atoms with Crippen LogP contribution in [0, 0.1) is 0 Å². The molecule has 2 heterocycles. The number of aliphatic carboxylic acids is 1. The zero-order valence-electron chi connectivity index (χ0n) is 11.2. The molecule has 1 saturated heterocycles. The zero-order valence-corrected chi connectivity index (χ0v) is 12.8. The molecule has 1 N–H and O–H groups in total. The van der Waals surface area contributed by atoms with Gasteiger partial charge in [-0.25, -0.2) is 4.79 Å². The summed E-state index contributed by atoms with van der Waals surface area (Å²) in [7, 11) is 0. The molecule has 1 aromatic heterocycles. The fraction of sp³-hybridized carbons (Fsp3) is 0.188. The quantitative estimate of drug-likeness (QED) is 0.856. The summed E-state index contributed by atoms with van der Waals surface area (Å²) in [4.78, 5) is 12.4. The molecule has 2 aromatic rings. The van der Waals surface area contributed by atoms with E-state index in [1.54, 1.807) is 19.1 Å². The molecule has 1 aromatic carbocycles. The molecule has 0 radical (unpaired) electrons. The van der Waals surface area contributed by atoms with Crippen LogP contribution in [-0.4, -0.2) is 17.2 Å². The molecule has 3 nitrogen and oxygen atoms in total. The third-order valence-electron chi connectivity index (χ3n) is 3.57. The number of carboxylic acids is 1. The third kappa shape index (κ3) is 2.62. The lowest BCUT2D eigenvalue weighted by molar-refractivity contribution is -0.143. The summed E-state index contributed by atoms with van der Waals surface area (Å²) in [6, 6.07) is 11.2. The van der Waals surface area contributed by atoms with Crippen LogP contribution in [-0.2, 0) is 15.1 Å². The fourth-order valence-electron chi connectivity index (χ4n) is 2.33. The Morgan fingerprint density at radius 2 is 1.95 bits per heavy atom. The van der Waals surface area contributed by atoms with E-state index >= 15 is 0 Å². The minimum absolute atomic E-state index is 0.287. The number of halogens is 1. The largest absolute Gasteiger partial charge is 0.479 e. The summed E-state index contributed by atoms with van der Waals surface area (Å²) in [6.07, 6.45) is 3.66. The molecule has 2 atom stereocenters. The van der Waals surface area contributed by atoms with Crippen LogP contribution in [0.1, 0.15) is 22.9 Å². The van der Waals surface area contributed by atoms with Crippen LogP contribution in [0.25, 0.3) is 12.2 Å². The molecule has 0 amide bonds. The molecule has 5 heteroatoms. The molecule has 1 fully saturated rings. The molecule has 0 saturated carbocycles. The Hall–Kier alpha value is -1.62. The summed E-state index contributed by atoms with van der Waals surface area (Å²) in [5.41, 5.74) is 0.514. The maximum atomic E-state index is 11.3. The van der Waals surface area contributed by atoms with Gasteiger partial charge in [0.25, 0.3) is 0 Å². The van der Waals surface area contributed by atoms with E-state index in [1.165, 1.54) is 11.3 Å². The average Bonchev–Trinajstić information content (AvgIpc) is 2.98. The highest BCUT2D eigenvalue weighted by atomic mass is 35.5. The summed E-state index contributed by atoms with van der Waals surface area (Å²) in [5, 5.41) is 9.30. The Labute approximate surface area is 131 Å². The minimum Gasteiger partial charge on any atom is -0.479 e. The number of epoxide rings is 1. The molecule has 108 valence electrons. The van der Waals surface area contributed by atoms with Crippen LogP contribution in [0.15, 0.2) is 36.4 Å². The molecule has 1 aliphatic rings. The number of hydrogen-bond acceptors (Lipinski definition) is 3. The van der Waals surface area contributed by atoms with E-state index in [4.69, 9.17) is 16.3 Å². The van der Waals surface area contributed by atoms with Crippen LogP contribution in [0.2, 0.25) is 4.34 Å². The molecule has 2 unspecified atom stereocenters. The Morgan fingerprint density at radius 1 is 1.29 bits per heavy atom. The smallest absolute Gasteiger partial charge is 0.343 e. The van der Waals surface area contributed by atoms with Crippen molar-refractivity contribution >= 4 is 41.1 Å². The Balaban J connectivity index is 1.79. The lowest BCUT2D eigenvalue weighted by Crippen LogP contribution is -2.23. The number of thiophene rings is 1.